The van der Waals surface area contributed by atoms with Gasteiger partial charge in [0.1, 0.15) is 0 Å². The Bertz CT molecular complexity index is 343. The monoisotopic (exact) mass is 282 g/mol. The summed E-state index contributed by atoms with van der Waals surface area (Å²) in [6.07, 6.45) is 3.66. The first-order chi connectivity index (χ1) is 9.40. The van der Waals surface area contributed by atoms with Crippen molar-refractivity contribution in [3.05, 3.63) is 0 Å². The van der Waals surface area contributed by atoms with E-state index >= 15 is 0 Å². The third kappa shape index (κ3) is 3.73. The molecule has 0 aromatic heterocycles. The standard InChI is InChI=1S/C16H30N2O2/c1-12-6-5-7-14(13(12)2)17-15(19)10-18-8-9-20-11-16(18,3)4/h12-14H,5-11H2,1-4H3,(H,17,19)/t12-,13-,14-/m1/s1. The zero-order valence-electron chi connectivity index (χ0n) is 13.4. The van der Waals surface area contributed by atoms with Gasteiger partial charge in [-0.25, -0.2) is 0 Å². The van der Waals surface area contributed by atoms with E-state index in [1.807, 2.05) is 0 Å². The third-order valence-electron chi connectivity index (χ3n) is 5.20. The molecular weight excluding hydrogens is 252 g/mol. The van der Waals surface area contributed by atoms with Gasteiger partial charge in [-0.15, -0.1) is 0 Å². The van der Waals surface area contributed by atoms with E-state index in [0.29, 0.717) is 31.0 Å². The minimum atomic E-state index is -0.0406. The third-order valence-corrected chi connectivity index (χ3v) is 5.20. The number of nitrogens with one attached hydrogen (secondary N) is 1. The van der Waals surface area contributed by atoms with Crippen LogP contribution in [0.4, 0.5) is 0 Å². The number of carbonyl (C=O) groups excluding carboxylic acids is 1. The quantitative estimate of drug-likeness (QED) is 0.861. The molecule has 0 bridgehead atoms. The Labute approximate surface area is 123 Å². The van der Waals surface area contributed by atoms with Crippen molar-refractivity contribution in [3.63, 3.8) is 0 Å². The topological polar surface area (TPSA) is 41.6 Å². The highest BCUT2D eigenvalue weighted by atomic mass is 16.5. The van der Waals surface area contributed by atoms with E-state index < -0.39 is 0 Å². The van der Waals surface area contributed by atoms with Crippen molar-refractivity contribution in [2.75, 3.05) is 26.3 Å². The van der Waals surface area contributed by atoms with Crippen molar-refractivity contribution in [1.29, 1.82) is 0 Å². The lowest BCUT2D eigenvalue weighted by molar-refractivity contribution is -0.128. The molecule has 0 unspecified atom stereocenters. The van der Waals surface area contributed by atoms with E-state index in [1.165, 1.54) is 12.8 Å². The van der Waals surface area contributed by atoms with Crippen LogP contribution >= 0.6 is 0 Å². The van der Waals surface area contributed by atoms with Crippen LogP contribution in [0.2, 0.25) is 0 Å². The number of ether oxygens (including phenoxy) is 1. The fourth-order valence-electron chi connectivity index (χ4n) is 3.40. The summed E-state index contributed by atoms with van der Waals surface area (Å²) in [5.41, 5.74) is -0.0406. The lowest BCUT2D eigenvalue weighted by Crippen LogP contribution is -2.57. The van der Waals surface area contributed by atoms with Crippen molar-refractivity contribution in [1.82, 2.24) is 10.2 Å². The largest absolute Gasteiger partial charge is 0.378 e. The highest BCUT2D eigenvalue weighted by molar-refractivity contribution is 5.78. The second-order valence-electron chi connectivity index (χ2n) is 7.23. The first-order valence-electron chi connectivity index (χ1n) is 8.02. The van der Waals surface area contributed by atoms with Crippen LogP contribution in [0.3, 0.4) is 0 Å². The zero-order valence-corrected chi connectivity index (χ0v) is 13.4. The summed E-state index contributed by atoms with van der Waals surface area (Å²) in [6.45, 7) is 11.6. The molecule has 1 aliphatic heterocycles. The van der Waals surface area contributed by atoms with Gasteiger partial charge in [-0.1, -0.05) is 26.7 Å². The van der Waals surface area contributed by atoms with Crippen molar-refractivity contribution in [2.24, 2.45) is 11.8 Å². The highest BCUT2D eigenvalue weighted by Gasteiger charge is 2.33. The van der Waals surface area contributed by atoms with Gasteiger partial charge in [-0.2, -0.15) is 0 Å². The van der Waals surface area contributed by atoms with Crippen molar-refractivity contribution in [3.8, 4) is 0 Å². The van der Waals surface area contributed by atoms with E-state index in [1.54, 1.807) is 0 Å². The molecule has 1 saturated carbocycles. The van der Waals surface area contributed by atoms with Crippen LogP contribution in [0, 0.1) is 11.8 Å². The molecular formula is C16H30N2O2. The molecule has 20 heavy (non-hydrogen) atoms. The molecule has 2 fully saturated rings. The Balaban J connectivity index is 1.85. The summed E-state index contributed by atoms with van der Waals surface area (Å²) in [5.74, 6) is 1.48. The minimum absolute atomic E-state index is 0.0406. The van der Waals surface area contributed by atoms with Crippen molar-refractivity contribution >= 4 is 5.91 Å². The SMILES string of the molecule is C[C@@H]1[C@H](C)CCC[C@H]1NC(=O)CN1CCOCC1(C)C. The normalized spacial score (nSPS) is 34.7. The van der Waals surface area contributed by atoms with E-state index in [-0.39, 0.29) is 11.4 Å². The van der Waals surface area contributed by atoms with Gasteiger partial charge in [0.2, 0.25) is 5.91 Å². The number of hydrogen-bond donors (Lipinski definition) is 1. The summed E-state index contributed by atoms with van der Waals surface area (Å²) in [4.78, 5) is 14.6. The zero-order chi connectivity index (χ0) is 14.8. The molecule has 1 N–H and O–H groups in total. The molecule has 0 spiro atoms. The van der Waals surface area contributed by atoms with Gasteiger partial charge in [0, 0.05) is 18.1 Å². The van der Waals surface area contributed by atoms with Crippen LogP contribution in [0.25, 0.3) is 0 Å². The Morgan fingerprint density at radius 2 is 2.10 bits per heavy atom. The molecule has 1 heterocycles. The molecule has 3 atom stereocenters. The molecule has 0 aromatic rings. The fourth-order valence-corrected chi connectivity index (χ4v) is 3.40. The van der Waals surface area contributed by atoms with Crippen LogP contribution in [-0.4, -0.2) is 48.7 Å². The molecule has 1 amide bonds. The van der Waals surface area contributed by atoms with E-state index in [4.69, 9.17) is 4.74 Å². The van der Waals surface area contributed by atoms with Crippen LogP contribution in [0.1, 0.15) is 47.0 Å². The number of nitrogens with zero attached hydrogens (tertiary/aromatic N) is 1. The molecule has 2 rings (SSSR count). The second kappa shape index (κ2) is 6.44. The Morgan fingerprint density at radius 3 is 2.80 bits per heavy atom. The predicted octanol–water partition coefficient (Wildman–Crippen LogP) is 2.04. The van der Waals surface area contributed by atoms with E-state index in [2.05, 4.69) is 37.9 Å². The van der Waals surface area contributed by atoms with Gasteiger partial charge >= 0.3 is 0 Å². The number of hydrogen-bond acceptors (Lipinski definition) is 3. The summed E-state index contributed by atoms with van der Waals surface area (Å²) in [7, 11) is 0. The van der Waals surface area contributed by atoms with Crippen molar-refractivity contribution in [2.45, 2.75) is 58.5 Å². The number of rotatable bonds is 3. The lowest BCUT2D eigenvalue weighted by atomic mass is 9.78. The molecule has 1 aliphatic carbocycles. The smallest absolute Gasteiger partial charge is 0.234 e. The summed E-state index contributed by atoms with van der Waals surface area (Å²) < 4.78 is 5.50. The number of carbonyl (C=O) groups is 1. The maximum atomic E-state index is 12.3. The number of morpholine rings is 1. The van der Waals surface area contributed by atoms with Gasteiger partial charge in [0.05, 0.1) is 19.8 Å². The average Bonchev–Trinajstić information content (AvgIpc) is 2.37. The Hall–Kier alpha value is -0.610. The Morgan fingerprint density at radius 1 is 1.35 bits per heavy atom. The van der Waals surface area contributed by atoms with Gasteiger partial charge in [-0.3, -0.25) is 9.69 Å². The fraction of sp³-hybridized carbons (Fsp3) is 0.938. The van der Waals surface area contributed by atoms with E-state index in [0.717, 1.165) is 19.6 Å². The van der Waals surface area contributed by atoms with E-state index in [9.17, 15) is 4.79 Å². The molecule has 0 aromatic carbocycles. The van der Waals surface area contributed by atoms with Gasteiger partial charge in [0.15, 0.2) is 0 Å². The predicted molar refractivity (Wildman–Crippen MR) is 80.6 cm³/mol. The first-order valence-corrected chi connectivity index (χ1v) is 8.02. The summed E-state index contributed by atoms with van der Waals surface area (Å²) >= 11 is 0. The summed E-state index contributed by atoms with van der Waals surface area (Å²) in [6, 6.07) is 0.357. The Kier molecular flexibility index (Phi) is 5.08. The molecule has 4 heteroatoms. The van der Waals surface area contributed by atoms with Gasteiger partial charge < -0.3 is 10.1 Å². The molecule has 2 aliphatic rings. The molecule has 1 saturated heterocycles. The second-order valence-corrected chi connectivity index (χ2v) is 7.23. The summed E-state index contributed by atoms with van der Waals surface area (Å²) in [5, 5.41) is 3.26. The number of amides is 1. The van der Waals surface area contributed by atoms with Gasteiger partial charge in [-0.05, 0) is 32.1 Å². The van der Waals surface area contributed by atoms with Crippen LogP contribution in [-0.2, 0) is 9.53 Å². The van der Waals surface area contributed by atoms with Gasteiger partial charge in [0.25, 0.3) is 0 Å². The lowest BCUT2D eigenvalue weighted by Gasteiger charge is -2.42. The maximum absolute atomic E-state index is 12.3. The molecule has 0 radical (unpaired) electrons. The van der Waals surface area contributed by atoms with Crippen LogP contribution in [0.15, 0.2) is 0 Å². The average molecular weight is 282 g/mol. The first kappa shape index (κ1) is 15.8. The molecule has 116 valence electrons. The van der Waals surface area contributed by atoms with Crippen LogP contribution in [0.5, 0.6) is 0 Å². The minimum Gasteiger partial charge on any atom is -0.378 e. The highest BCUT2D eigenvalue weighted by Crippen LogP contribution is 2.29. The maximum Gasteiger partial charge on any atom is 0.234 e. The molecule has 4 nitrogen and oxygen atoms in total. The van der Waals surface area contributed by atoms with Crippen LogP contribution < -0.4 is 5.32 Å². The van der Waals surface area contributed by atoms with Crippen molar-refractivity contribution < 1.29 is 9.53 Å².